The molecule has 1 unspecified atom stereocenters. The van der Waals surface area contributed by atoms with E-state index in [1.54, 1.807) is 0 Å². The van der Waals surface area contributed by atoms with E-state index in [9.17, 15) is 19.0 Å². The summed E-state index contributed by atoms with van der Waals surface area (Å²) in [7, 11) is 1.45. The zero-order valence-corrected chi connectivity index (χ0v) is 33.1. The van der Waals surface area contributed by atoms with Crippen LogP contribution in [0, 0.1) is 0 Å². The lowest BCUT2D eigenvalue weighted by molar-refractivity contribution is -0.870. The molecule has 1 N–H and O–H groups in total. The molecule has 288 valence electrons. The van der Waals surface area contributed by atoms with Gasteiger partial charge in [-0.3, -0.25) is 18.6 Å². The van der Waals surface area contributed by atoms with Gasteiger partial charge < -0.3 is 18.9 Å². The average molecular weight is 717 g/mol. The average Bonchev–Trinajstić information content (AvgIpc) is 3.04. The minimum atomic E-state index is -4.37. The topological polar surface area (TPSA) is 108 Å². The third-order valence-corrected chi connectivity index (χ3v) is 9.22. The van der Waals surface area contributed by atoms with E-state index in [4.69, 9.17) is 18.5 Å². The molecule has 0 aromatic carbocycles. The van der Waals surface area contributed by atoms with E-state index in [1.165, 1.54) is 89.9 Å². The highest BCUT2D eigenvalue weighted by Gasteiger charge is 2.27. The standard InChI is InChI=1S/C39H74NO8P/c1-6-8-10-12-14-16-17-18-19-20-21-22-23-24-26-28-30-32-39(42)48-37(36-47-49(43,44)46-34-33-40(3,4)5)35-45-38(41)31-29-27-25-15-13-11-9-7-2/h21-22,24,26,37H,6-20,23,25,27-36H2,1-5H3/p+1/b22-21+,26-24+/t37-/m1/s1. The number of rotatable bonds is 35. The van der Waals surface area contributed by atoms with Crippen molar-refractivity contribution in [1.29, 1.82) is 0 Å². The first-order chi connectivity index (χ1) is 23.5. The Morgan fingerprint density at radius 2 is 1.12 bits per heavy atom. The minimum Gasteiger partial charge on any atom is -0.462 e. The van der Waals surface area contributed by atoms with Crippen molar-refractivity contribution in [3.63, 3.8) is 0 Å². The Bertz CT molecular complexity index is 902. The summed E-state index contributed by atoms with van der Waals surface area (Å²) >= 11 is 0. The molecule has 2 atom stereocenters. The van der Waals surface area contributed by atoms with Gasteiger partial charge in [-0.15, -0.1) is 0 Å². The molecule has 0 saturated heterocycles. The predicted octanol–water partition coefficient (Wildman–Crippen LogP) is 10.4. The van der Waals surface area contributed by atoms with Gasteiger partial charge in [0.1, 0.15) is 19.8 Å². The zero-order chi connectivity index (χ0) is 36.5. The Hall–Kier alpha value is -1.51. The van der Waals surface area contributed by atoms with Gasteiger partial charge in [-0.1, -0.05) is 134 Å². The fourth-order valence-corrected chi connectivity index (χ4v) is 5.85. The summed E-state index contributed by atoms with van der Waals surface area (Å²) in [6.07, 6.45) is 32.5. The molecular formula is C39H75NO8P+. The van der Waals surface area contributed by atoms with Gasteiger partial charge in [0.2, 0.25) is 0 Å². The first-order valence-electron chi connectivity index (χ1n) is 19.6. The van der Waals surface area contributed by atoms with Gasteiger partial charge in [0.25, 0.3) is 0 Å². The second-order valence-corrected chi connectivity index (χ2v) is 15.8. The van der Waals surface area contributed by atoms with Crippen molar-refractivity contribution in [2.75, 3.05) is 47.5 Å². The molecule has 0 aliphatic rings. The van der Waals surface area contributed by atoms with Crippen LogP contribution in [-0.4, -0.2) is 74.9 Å². The van der Waals surface area contributed by atoms with Crippen LogP contribution in [0.25, 0.3) is 0 Å². The van der Waals surface area contributed by atoms with Gasteiger partial charge in [-0.25, -0.2) is 4.57 Å². The Balaban J connectivity index is 4.45. The molecule has 0 fully saturated rings. The van der Waals surface area contributed by atoms with Crippen molar-refractivity contribution >= 4 is 19.8 Å². The lowest BCUT2D eigenvalue weighted by atomic mass is 10.1. The summed E-state index contributed by atoms with van der Waals surface area (Å²) in [5.41, 5.74) is 0. The van der Waals surface area contributed by atoms with Crippen molar-refractivity contribution < 1.29 is 42.1 Å². The summed E-state index contributed by atoms with van der Waals surface area (Å²) in [5, 5.41) is 0. The molecule has 0 radical (unpaired) electrons. The summed E-state index contributed by atoms with van der Waals surface area (Å²) in [6, 6.07) is 0. The van der Waals surface area contributed by atoms with Crippen LogP contribution < -0.4 is 0 Å². The molecule has 0 saturated carbocycles. The van der Waals surface area contributed by atoms with E-state index < -0.39 is 26.5 Å². The van der Waals surface area contributed by atoms with E-state index in [1.807, 2.05) is 21.1 Å². The normalized spacial score (nSPS) is 14.0. The van der Waals surface area contributed by atoms with Crippen LogP contribution in [0.15, 0.2) is 24.3 Å². The van der Waals surface area contributed by atoms with E-state index in [0.717, 1.165) is 38.5 Å². The number of unbranched alkanes of at least 4 members (excludes halogenated alkanes) is 17. The lowest BCUT2D eigenvalue weighted by Gasteiger charge is -2.24. The van der Waals surface area contributed by atoms with Crippen molar-refractivity contribution in [2.45, 2.75) is 168 Å². The number of allylic oxidation sites excluding steroid dienone is 4. The Morgan fingerprint density at radius 3 is 1.67 bits per heavy atom. The fourth-order valence-electron chi connectivity index (χ4n) is 5.11. The molecule has 0 rings (SSSR count). The van der Waals surface area contributed by atoms with Crippen molar-refractivity contribution in [2.24, 2.45) is 0 Å². The molecule has 0 aromatic heterocycles. The first kappa shape index (κ1) is 47.5. The van der Waals surface area contributed by atoms with E-state index in [0.29, 0.717) is 17.4 Å². The molecule has 0 aliphatic heterocycles. The lowest BCUT2D eigenvalue weighted by Crippen LogP contribution is -2.37. The summed E-state index contributed by atoms with van der Waals surface area (Å²) in [5.74, 6) is -0.855. The molecule has 0 bridgehead atoms. The number of esters is 2. The van der Waals surface area contributed by atoms with Crippen LogP contribution >= 0.6 is 7.82 Å². The summed E-state index contributed by atoms with van der Waals surface area (Å²) in [6.45, 7) is 4.33. The van der Waals surface area contributed by atoms with Gasteiger partial charge in [-0.2, -0.15) is 0 Å². The third-order valence-electron chi connectivity index (χ3n) is 8.23. The van der Waals surface area contributed by atoms with Gasteiger partial charge in [0, 0.05) is 12.8 Å². The molecular weight excluding hydrogens is 641 g/mol. The smallest absolute Gasteiger partial charge is 0.462 e. The monoisotopic (exact) mass is 717 g/mol. The first-order valence-corrected chi connectivity index (χ1v) is 21.1. The van der Waals surface area contributed by atoms with Crippen LogP contribution in [0.3, 0.4) is 0 Å². The maximum Gasteiger partial charge on any atom is 0.472 e. The number of hydrogen-bond donors (Lipinski definition) is 1. The molecule has 0 amide bonds. The molecule has 0 spiro atoms. The van der Waals surface area contributed by atoms with Crippen LogP contribution in [-0.2, 0) is 32.7 Å². The maximum absolute atomic E-state index is 12.6. The number of hydrogen-bond acceptors (Lipinski definition) is 7. The number of phosphoric ester groups is 1. The van der Waals surface area contributed by atoms with E-state index >= 15 is 0 Å². The molecule has 0 aromatic rings. The fraction of sp³-hybridized carbons (Fsp3) is 0.846. The number of carbonyl (C=O) groups is 2. The number of likely N-dealkylation sites (N-methyl/N-ethyl adjacent to an activating group) is 1. The van der Waals surface area contributed by atoms with E-state index in [-0.39, 0.29) is 32.0 Å². The van der Waals surface area contributed by atoms with Crippen molar-refractivity contribution in [1.82, 2.24) is 0 Å². The second kappa shape index (κ2) is 32.4. The van der Waals surface area contributed by atoms with Crippen molar-refractivity contribution in [3.05, 3.63) is 24.3 Å². The maximum atomic E-state index is 12.6. The summed E-state index contributed by atoms with van der Waals surface area (Å²) in [4.78, 5) is 35.0. The van der Waals surface area contributed by atoms with Gasteiger partial charge in [0.05, 0.1) is 27.7 Å². The van der Waals surface area contributed by atoms with Crippen LogP contribution in [0.4, 0.5) is 0 Å². The molecule has 10 heteroatoms. The molecule has 0 aliphatic carbocycles. The highest BCUT2D eigenvalue weighted by Crippen LogP contribution is 2.43. The third kappa shape index (κ3) is 36.1. The quantitative estimate of drug-likeness (QED) is 0.0227. The van der Waals surface area contributed by atoms with Crippen molar-refractivity contribution in [3.8, 4) is 0 Å². The zero-order valence-electron chi connectivity index (χ0n) is 32.2. The Labute approximate surface area is 300 Å². The summed E-state index contributed by atoms with van der Waals surface area (Å²) < 4.78 is 34.0. The number of nitrogens with zero attached hydrogens (tertiary/aromatic N) is 1. The molecule has 49 heavy (non-hydrogen) atoms. The van der Waals surface area contributed by atoms with Gasteiger partial charge in [-0.05, 0) is 38.5 Å². The molecule has 9 nitrogen and oxygen atoms in total. The number of carbonyl (C=O) groups excluding carboxylic acids is 2. The SMILES string of the molecule is CCCCCCCCCCC/C=C/C/C=C/CCCC(=O)O[C@H](COC(=O)CCCCCCCCCC)COP(=O)(O)OCC[N+](C)(C)C. The van der Waals surface area contributed by atoms with E-state index in [2.05, 4.69) is 38.2 Å². The Morgan fingerprint density at radius 1 is 0.633 bits per heavy atom. The minimum absolute atomic E-state index is 0.0257. The predicted molar refractivity (Wildman–Crippen MR) is 201 cm³/mol. The largest absolute Gasteiger partial charge is 0.472 e. The molecule has 0 heterocycles. The highest BCUT2D eigenvalue weighted by atomic mass is 31.2. The Kier molecular flexibility index (Phi) is 31.4. The number of ether oxygens (including phenoxy) is 2. The van der Waals surface area contributed by atoms with Gasteiger partial charge in [0.15, 0.2) is 6.10 Å². The van der Waals surface area contributed by atoms with Crippen LogP contribution in [0.2, 0.25) is 0 Å². The number of phosphoric acid groups is 1. The second-order valence-electron chi connectivity index (χ2n) is 14.3. The van der Waals surface area contributed by atoms with Crippen LogP contribution in [0.1, 0.15) is 162 Å². The number of quaternary nitrogens is 1. The van der Waals surface area contributed by atoms with Gasteiger partial charge >= 0.3 is 19.8 Å². The highest BCUT2D eigenvalue weighted by molar-refractivity contribution is 7.47. The van der Waals surface area contributed by atoms with Crippen LogP contribution in [0.5, 0.6) is 0 Å².